The number of hydrogen-bond donors (Lipinski definition) is 2. The van der Waals surface area contributed by atoms with Crippen molar-refractivity contribution in [3.05, 3.63) is 94.3 Å². The predicted octanol–water partition coefficient (Wildman–Crippen LogP) is 5.22. The normalized spacial score (nSPS) is 11.3. The van der Waals surface area contributed by atoms with Gasteiger partial charge in [-0.05, 0) is 42.5 Å². The van der Waals surface area contributed by atoms with E-state index in [1.807, 2.05) is 18.2 Å². The van der Waals surface area contributed by atoms with E-state index in [1.54, 1.807) is 41.8 Å². The maximum atomic E-state index is 12.8. The maximum absolute atomic E-state index is 12.8. The average molecular weight is 541 g/mol. The highest BCUT2D eigenvalue weighted by Crippen LogP contribution is 2.28. The van der Waals surface area contributed by atoms with Crippen molar-refractivity contribution < 1.29 is 18.0 Å². The topological polar surface area (TPSA) is 108 Å². The van der Waals surface area contributed by atoms with E-state index in [9.17, 15) is 18.0 Å². The number of rotatable bonds is 7. The van der Waals surface area contributed by atoms with Crippen LogP contribution in [0, 0.1) is 0 Å². The minimum Gasteiger partial charge on any atom is -0.322 e. The van der Waals surface area contributed by atoms with Crippen LogP contribution in [-0.2, 0) is 10.0 Å². The van der Waals surface area contributed by atoms with Crippen molar-refractivity contribution in [3.63, 3.8) is 0 Å². The van der Waals surface area contributed by atoms with E-state index < -0.39 is 15.9 Å². The van der Waals surface area contributed by atoms with Gasteiger partial charge in [0.05, 0.1) is 21.2 Å². The molecule has 0 fully saturated rings. The fourth-order valence-electron chi connectivity index (χ4n) is 3.19. The van der Waals surface area contributed by atoms with Gasteiger partial charge >= 0.3 is 0 Å². The predicted molar refractivity (Wildman–Crippen MR) is 142 cm³/mol. The summed E-state index contributed by atoms with van der Waals surface area (Å²) < 4.78 is 25.9. The lowest BCUT2D eigenvalue weighted by Gasteiger charge is -2.13. The SMILES string of the molecule is CN(C)S(=O)(=O)c1ccc(Cl)c(C(=O)Nc2nc(-c3ccc(NC(=O)c4ccccc4)cc3)cs2)c1. The number of hydrogen-bond acceptors (Lipinski definition) is 6. The molecular weight excluding hydrogens is 520 g/mol. The zero-order valence-electron chi connectivity index (χ0n) is 19.2. The number of halogens is 1. The molecule has 4 aromatic rings. The lowest BCUT2D eigenvalue weighted by Crippen LogP contribution is -2.23. The molecule has 0 radical (unpaired) electrons. The van der Waals surface area contributed by atoms with Gasteiger partial charge in [-0.1, -0.05) is 41.9 Å². The molecule has 0 bridgehead atoms. The monoisotopic (exact) mass is 540 g/mol. The van der Waals surface area contributed by atoms with Gasteiger partial charge in [0.15, 0.2) is 5.13 Å². The van der Waals surface area contributed by atoms with Crippen LogP contribution in [0.1, 0.15) is 20.7 Å². The fraction of sp³-hybridized carbons (Fsp3) is 0.0800. The molecule has 184 valence electrons. The third-order valence-corrected chi connectivity index (χ3v) is 8.06. The summed E-state index contributed by atoms with van der Waals surface area (Å²) in [5.41, 5.74) is 2.65. The van der Waals surface area contributed by atoms with E-state index in [4.69, 9.17) is 11.6 Å². The number of benzene rings is 3. The lowest BCUT2D eigenvalue weighted by atomic mass is 10.1. The minimum absolute atomic E-state index is 0.0230. The van der Waals surface area contributed by atoms with E-state index in [-0.39, 0.29) is 21.4 Å². The van der Waals surface area contributed by atoms with Gasteiger partial charge in [-0.2, -0.15) is 0 Å². The van der Waals surface area contributed by atoms with Crippen molar-refractivity contribution in [2.24, 2.45) is 0 Å². The first kappa shape index (κ1) is 25.5. The molecule has 2 amide bonds. The summed E-state index contributed by atoms with van der Waals surface area (Å²) in [6.45, 7) is 0. The number of sulfonamides is 1. The highest BCUT2D eigenvalue weighted by molar-refractivity contribution is 7.89. The van der Waals surface area contributed by atoms with E-state index in [0.717, 1.165) is 9.87 Å². The molecule has 3 aromatic carbocycles. The molecule has 36 heavy (non-hydrogen) atoms. The van der Waals surface area contributed by atoms with Crippen molar-refractivity contribution in [2.75, 3.05) is 24.7 Å². The van der Waals surface area contributed by atoms with Crippen LogP contribution in [0.5, 0.6) is 0 Å². The molecule has 4 rings (SSSR count). The van der Waals surface area contributed by atoms with Crippen LogP contribution < -0.4 is 10.6 Å². The Labute approximate surface area is 217 Å². The molecule has 0 aliphatic carbocycles. The zero-order valence-corrected chi connectivity index (χ0v) is 21.6. The molecule has 0 aliphatic rings. The zero-order chi connectivity index (χ0) is 25.9. The molecule has 8 nitrogen and oxygen atoms in total. The molecule has 0 saturated heterocycles. The van der Waals surface area contributed by atoms with Crippen LogP contribution in [0.25, 0.3) is 11.3 Å². The molecule has 2 N–H and O–H groups in total. The first-order valence-electron chi connectivity index (χ1n) is 10.6. The third-order valence-electron chi connectivity index (χ3n) is 5.16. The number of carbonyl (C=O) groups excluding carboxylic acids is 2. The number of nitrogens with one attached hydrogen (secondary N) is 2. The van der Waals surface area contributed by atoms with Crippen LogP contribution >= 0.6 is 22.9 Å². The smallest absolute Gasteiger partial charge is 0.259 e. The summed E-state index contributed by atoms with van der Waals surface area (Å²) in [5, 5.41) is 7.74. The van der Waals surface area contributed by atoms with E-state index in [0.29, 0.717) is 22.1 Å². The quantitative estimate of drug-likeness (QED) is 0.334. The second-order valence-corrected chi connectivity index (χ2v) is 11.2. The van der Waals surface area contributed by atoms with Gasteiger partial charge in [0, 0.05) is 36.3 Å². The fourth-order valence-corrected chi connectivity index (χ4v) is 5.04. The minimum atomic E-state index is -3.73. The number of amides is 2. The molecule has 0 spiro atoms. The van der Waals surface area contributed by atoms with Gasteiger partial charge in [0.1, 0.15) is 0 Å². The molecule has 0 aliphatic heterocycles. The number of thiazole rings is 1. The molecule has 1 aromatic heterocycles. The Kier molecular flexibility index (Phi) is 7.51. The molecule has 0 saturated carbocycles. The van der Waals surface area contributed by atoms with E-state index >= 15 is 0 Å². The average Bonchev–Trinajstić information content (AvgIpc) is 3.33. The highest BCUT2D eigenvalue weighted by Gasteiger charge is 2.21. The number of carbonyl (C=O) groups is 2. The van der Waals surface area contributed by atoms with Crippen LogP contribution in [0.15, 0.2) is 83.1 Å². The van der Waals surface area contributed by atoms with Crippen LogP contribution in [0.2, 0.25) is 5.02 Å². The van der Waals surface area contributed by atoms with E-state index in [2.05, 4.69) is 15.6 Å². The maximum Gasteiger partial charge on any atom is 0.259 e. The summed E-state index contributed by atoms with van der Waals surface area (Å²) in [4.78, 5) is 29.5. The Morgan fingerprint density at radius 1 is 0.917 bits per heavy atom. The number of anilines is 2. The van der Waals surface area contributed by atoms with Gasteiger partial charge in [-0.15, -0.1) is 11.3 Å². The molecular formula is C25H21ClN4O4S2. The van der Waals surface area contributed by atoms with Gasteiger partial charge in [-0.25, -0.2) is 17.7 Å². The summed E-state index contributed by atoms with van der Waals surface area (Å²) in [7, 11) is -0.912. The van der Waals surface area contributed by atoms with E-state index in [1.165, 1.54) is 43.6 Å². The molecule has 1 heterocycles. The van der Waals surface area contributed by atoms with Crippen LogP contribution in [0.4, 0.5) is 10.8 Å². The summed E-state index contributed by atoms with van der Waals surface area (Å²) >= 11 is 7.38. The summed E-state index contributed by atoms with van der Waals surface area (Å²) in [6.07, 6.45) is 0. The second-order valence-electron chi connectivity index (χ2n) is 7.82. The first-order valence-corrected chi connectivity index (χ1v) is 13.3. The van der Waals surface area contributed by atoms with Crippen molar-refractivity contribution in [1.82, 2.24) is 9.29 Å². The second kappa shape index (κ2) is 10.6. The Balaban J connectivity index is 1.46. The first-order chi connectivity index (χ1) is 17.1. The Morgan fingerprint density at radius 2 is 1.61 bits per heavy atom. The number of aromatic nitrogens is 1. The molecule has 0 unspecified atom stereocenters. The highest BCUT2D eigenvalue weighted by atomic mass is 35.5. The van der Waals surface area contributed by atoms with Crippen LogP contribution in [0.3, 0.4) is 0 Å². The molecule has 0 atom stereocenters. The number of nitrogens with zero attached hydrogens (tertiary/aromatic N) is 2. The largest absolute Gasteiger partial charge is 0.322 e. The lowest BCUT2D eigenvalue weighted by molar-refractivity contribution is 0.101. The Morgan fingerprint density at radius 3 is 2.28 bits per heavy atom. The molecule has 11 heteroatoms. The van der Waals surface area contributed by atoms with Gasteiger partial charge in [0.2, 0.25) is 10.0 Å². The third kappa shape index (κ3) is 5.63. The van der Waals surface area contributed by atoms with Crippen LogP contribution in [-0.4, -0.2) is 43.6 Å². The van der Waals surface area contributed by atoms with Gasteiger partial charge in [0.25, 0.3) is 11.8 Å². The summed E-state index contributed by atoms with van der Waals surface area (Å²) in [5.74, 6) is -0.779. The Hall–Kier alpha value is -3.57. The Bertz CT molecular complexity index is 1520. The van der Waals surface area contributed by atoms with Crippen molar-refractivity contribution >= 4 is 55.6 Å². The van der Waals surface area contributed by atoms with Gasteiger partial charge in [-0.3, -0.25) is 14.9 Å². The van der Waals surface area contributed by atoms with Crippen molar-refractivity contribution in [2.45, 2.75) is 4.90 Å². The van der Waals surface area contributed by atoms with Crippen molar-refractivity contribution in [3.8, 4) is 11.3 Å². The summed E-state index contributed by atoms with van der Waals surface area (Å²) in [6, 6.07) is 20.0. The van der Waals surface area contributed by atoms with Crippen molar-refractivity contribution in [1.29, 1.82) is 0 Å². The standard InChI is InChI=1S/C25H21ClN4O4S2/c1-30(2)36(33,34)19-12-13-21(26)20(14-19)24(32)29-25-28-22(15-35-25)16-8-10-18(11-9-16)27-23(31)17-6-4-3-5-7-17/h3-15H,1-2H3,(H,27,31)(H,28,29,32). The van der Waals surface area contributed by atoms with Gasteiger partial charge < -0.3 is 5.32 Å².